The number of aromatic nitrogens is 2. The Morgan fingerprint density at radius 1 is 1.67 bits per heavy atom. The maximum Gasteiger partial charge on any atom is 0.235 e. The van der Waals surface area contributed by atoms with E-state index in [2.05, 4.69) is 9.97 Å². The van der Waals surface area contributed by atoms with Crippen molar-refractivity contribution in [3.8, 4) is 5.88 Å². The SMILES string of the molecule is [2H]C([2H])([2H])C([2H])(C([2H])([2H])[2H])C([2H])([2H])c1nccnc1OC. The van der Waals surface area contributed by atoms with Gasteiger partial charge in [-0.3, -0.25) is 4.98 Å². The molecular formula is C9H14N2O. The Balaban J connectivity index is 3.64. The van der Waals surface area contributed by atoms with E-state index < -0.39 is 31.7 Å². The molecule has 0 N–H and O–H groups in total. The summed E-state index contributed by atoms with van der Waals surface area (Å²) >= 11 is 0. The predicted octanol–water partition coefficient (Wildman–Crippen LogP) is 1.68. The van der Waals surface area contributed by atoms with Gasteiger partial charge in [0.05, 0.1) is 7.11 Å². The lowest BCUT2D eigenvalue weighted by Gasteiger charge is -2.06. The van der Waals surface area contributed by atoms with E-state index >= 15 is 0 Å². The average molecular weight is 175 g/mol. The molecule has 0 atom stereocenters. The molecule has 1 aromatic heterocycles. The molecule has 0 aliphatic heterocycles. The van der Waals surface area contributed by atoms with Gasteiger partial charge in [0.1, 0.15) is 5.69 Å². The normalized spacial score (nSPS) is 25.6. The molecule has 0 bridgehead atoms. The third-order valence-corrected chi connectivity index (χ3v) is 1.10. The van der Waals surface area contributed by atoms with Gasteiger partial charge >= 0.3 is 0 Å². The van der Waals surface area contributed by atoms with Crippen LogP contribution in [0.15, 0.2) is 12.4 Å². The van der Waals surface area contributed by atoms with Crippen molar-refractivity contribution in [3.63, 3.8) is 0 Å². The Hall–Kier alpha value is -1.12. The number of hydrogen-bond donors (Lipinski definition) is 0. The van der Waals surface area contributed by atoms with Crippen molar-refractivity contribution in [2.45, 2.75) is 20.1 Å². The highest BCUT2D eigenvalue weighted by atomic mass is 16.5. The summed E-state index contributed by atoms with van der Waals surface area (Å²) in [6.07, 6.45) is -0.910. The second-order valence-electron chi connectivity index (χ2n) is 1.91. The van der Waals surface area contributed by atoms with Crippen molar-refractivity contribution < 1.29 is 17.1 Å². The van der Waals surface area contributed by atoms with Crippen LogP contribution in [0.1, 0.15) is 31.7 Å². The molecular weight excluding hydrogens is 152 g/mol. The maximum atomic E-state index is 7.95. The zero-order chi connectivity index (χ0) is 16.7. The van der Waals surface area contributed by atoms with Crippen LogP contribution in [0.3, 0.4) is 0 Å². The number of methoxy groups -OCH3 is 1. The van der Waals surface area contributed by atoms with Gasteiger partial charge < -0.3 is 4.74 Å². The largest absolute Gasteiger partial charge is 0.480 e. The monoisotopic (exact) mass is 175 g/mol. The van der Waals surface area contributed by atoms with E-state index in [1.165, 1.54) is 6.20 Å². The van der Waals surface area contributed by atoms with E-state index in [4.69, 9.17) is 17.1 Å². The molecule has 0 aromatic carbocycles. The fourth-order valence-corrected chi connectivity index (χ4v) is 0.679. The van der Waals surface area contributed by atoms with Gasteiger partial charge in [0.2, 0.25) is 5.88 Å². The number of ether oxygens (including phenoxy) is 1. The van der Waals surface area contributed by atoms with Crippen LogP contribution in [0.5, 0.6) is 5.88 Å². The molecule has 0 saturated heterocycles. The average Bonchev–Trinajstić information content (AvgIpc) is 2.34. The Morgan fingerprint density at radius 3 is 3.08 bits per heavy atom. The van der Waals surface area contributed by atoms with Crippen LogP contribution in [0.2, 0.25) is 0 Å². The van der Waals surface area contributed by atoms with Gasteiger partial charge in [-0.1, -0.05) is 13.7 Å². The van der Waals surface area contributed by atoms with Crippen LogP contribution in [-0.2, 0) is 6.37 Å². The summed E-state index contributed by atoms with van der Waals surface area (Å²) in [5.74, 6) is -3.80. The van der Waals surface area contributed by atoms with Crippen LogP contribution >= 0.6 is 0 Å². The quantitative estimate of drug-likeness (QED) is 0.701. The molecule has 0 aliphatic rings. The third-order valence-electron chi connectivity index (χ3n) is 1.10. The summed E-state index contributed by atoms with van der Waals surface area (Å²) < 4.78 is 72.6. The van der Waals surface area contributed by atoms with Crippen molar-refractivity contribution in [3.05, 3.63) is 18.1 Å². The summed E-state index contributed by atoms with van der Waals surface area (Å²) in [6, 6.07) is 0. The zero-order valence-corrected chi connectivity index (χ0v) is 6.46. The van der Waals surface area contributed by atoms with Crippen molar-refractivity contribution in [1.82, 2.24) is 9.97 Å². The van der Waals surface area contributed by atoms with E-state index in [0.717, 1.165) is 13.3 Å². The minimum absolute atomic E-state index is 0.368. The molecule has 0 unspecified atom stereocenters. The van der Waals surface area contributed by atoms with Gasteiger partial charge in [-0.15, -0.1) is 0 Å². The molecule has 12 heavy (non-hydrogen) atoms. The van der Waals surface area contributed by atoms with Crippen LogP contribution < -0.4 is 4.74 Å². The van der Waals surface area contributed by atoms with Crippen molar-refractivity contribution >= 4 is 0 Å². The van der Waals surface area contributed by atoms with Gasteiger partial charge in [-0.2, -0.15) is 0 Å². The van der Waals surface area contributed by atoms with E-state index in [0.29, 0.717) is 0 Å². The first-order chi connectivity index (χ1) is 9.30. The van der Waals surface area contributed by atoms with Crippen molar-refractivity contribution in [2.75, 3.05) is 7.11 Å². The third kappa shape index (κ3) is 2.19. The van der Waals surface area contributed by atoms with E-state index in [9.17, 15) is 0 Å². The highest BCUT2D eigenvalue weighted by molar-refractivity contribution is 5.17. The Kier molecular flexibility index (Phi) is 0.906. The smallest absolute Gasteiger partial charge is 0.235 e. The van der Waals surface area contributed by atoms with Crippen molar-refractivity contribution in [1.29, 1.82) is 0 Å². The Bertz CT molecular complexity index is 497. The molecule has 0 spiro atoms. The number of nitrogens with zero attached hydrogens (tertiary/aromatic N) is 2. The lowest BCUT2D eigenvalue weighted by molar-refractivity contribution is 0.386. The predicted molar refractivity (Wildman–Crippen MR) is 47.1 cm³/mol. The number of hydrogen-bond acceptors (Lipinski definition) is 3. The van der Waals surface area contributed by atoms with Gasteiger partial charge in [0, 0.05) is 24.7 Å². The molecule has 0 radical (unpaired) electrons. The topological polar surface area (TPSA) is 35.0 Å². The van der Waals surface area contributed by atoms with Crippen LogP contribution in [0.4, 0.5) is 0 Å². The summed E-state index contributed by atoms with van der Waals surface area (Å²) in [6.45, 7) is -6.85. The zero-order valence-electron chi connectivity index (χ0n) is 15.5. The number of rotatable bonds is 3. The minimum atomic E-state index is -3.43. The lowest BCUT2D eigenvalue weighted by Crippen LogP contribution is -2.01. The lowest BCUT2D eigenvalue weighted by atomic mass is 10.1. The van der Waals surface area contributed by atoms with Gasteiger partial charge in [0.15, 0.2) is 0 Å². The summed E-state index contributed by atoms with van der Waals surface area (Å²) in [7, 11) is 1.15. The first kappa shape index (κ1) is 2.69. The van der Waals surface area contributed by atoms with Gasteiger partial charge in [-0.25, -0.2) is 4.98 Å². The summed E-state index contributed by atoms with van der Waals surface area (Å²) in [5.41, 5.74) is -0.644. The molecule has 3 nitrogen and oxygen atoms in total. The molecule has 1 aromatic rings. The fourth-order valence-electron chi connectivity index (χ4n) is 0.679. The Morgan fingerprint density at radius 2 is 2.42 bits per heavy atom. The van der Waals surface area contributed by atoms with Crippen LogP contribution in [-0.4, -0.2) is 17.1 Å². The van der Waals surface area contributed by atoms with Crippen molar-refractivity contribution in [2.24, 2.45) is 5.89 Å². The molecule has 1 heterocycles. The van der Waals surface area contributed by atoms with E-state index in [1.54, 1.807) is 0 Å². The molecule has 0 aliphatic carbocycles. The highest BCUT2D eigenvalue weighted by Gasteiger charge is 2.06. The van der Waals surface area contributed by atoms with Gasteiger partial charge in [-0.05, 0) is 12.3 Å². The molecule has 1 rings (SSSR count). The molecule has 0 saturated carbocycles. The molecule has 3 heteroatoms. The van der Waals surface area contributed by atoms with Gasteiger partial charge in [0.25, 0.3) is 0 Å². The summed E-state index contributed by atoms with van der Waals surface area (Å²) in [5, 5.41) is 0. The van der Waals surface area contributed by atoms with E-state index in [1.807, 2.05) is 0 Å². The Labute approximate surface area is 85.5 Å². The van der Waals surface area contributed by atoms with E-state index in [-0.39, 0.29) is 5.88 Å². The molecule has 0 fully saturated rings. The molecule has 0 amide bonds. The minimum Gasteiger partial charge on any atom is -0.480 e. The van der Waals surface area contributed by atoms with Crippen LogP contribution in [0, 0.1) is 5.89 Å². The first-order valence-corrected chi connectivity index (χ1v) is 3.16. The maximum absolute atomic E-state index is 7.95. The summed E-state index contributed by atoms with van der Waals surface area (Å²) in [4.78, 5) is 7.30. The second-order valence-corrected chi connectivity index (χ2v) is 1.91. The second kappa shape index (κ2) is 4.04. The van der Waals surface area contributed by atoms with Crippen LogP contribution in [0.25, 0.3) is 0 Å². The standard InChI is InChI=1S/C9H14N2O/c1-7(2)6-8-9(12-3)11-5-4-10-8/h4-5,7H,6H2,1-3H3/i1D3,2D3,6D2,7D. The molecule has 66 valence electrons. The first-order valence-electron chi connectivity index (χ1n) is 7.66. The fraction of sp³-hybridized carbons (Fsp3) is 0.556. The highest BCUT2D eigenvalue weighted by Crippen LogP contribution is 2.14.